The second-order valence-corrected chi connectivity index (χ2v) is 4.16. The number of aromatic nitrogens is 3. The van der Waals surface area contributed by atoms with Crippen molar-refractivity contribution in [2.24, 2.45) is 7.05 Å². The van der Waals surface area contributed by atoms with Crippen LogP contribution in [0.15, 0.2) is 17.6 Å². The van der Waals surface area contributed by atoms with Gasteiger partial charge in [-0.05, 0) is 18.9 Å². The lowest BCUT2D eigenvalue weighted by atomic mass is 10.3. The molecule has 2 heterocycles. The molecule has 0 radical (unpaired) electrons. The Hall–Kier alpha value is -1.16. The topological polar surface area (TPSA) is 30.7 Å². The summed E-state index contributed by atoms with van der Waals surface area (Å²) in [5.74, 6) is 0. The van der Waals surface area contributed by atoms with Gasteiger partial charge in [-0.25, -0.2) is 4.98 Å². The number of hydrogen-bond donors (Lipinski definition) is 0. The van der Waals surface area contributed by atoms with E-state index in [0.29, 0.717) is 0 Å². The largest absolute Gasteiger partial charge is 0.266 e. The van der Waals surface area contributed by atoms with Gasteiger partial charge in [-0.3, -0.25) is 4.68 Å². The molecule has 2 aromatic rings. The van der Waals surface area contributed by atoms with Gasteiger partial charge in [-0.15, -0.1) is 11.3 Å². The van der Waals surface area contributed by atoms with Gasteiger partial charge in [-0.2, -0.15) is 5.10 Å². The first kappa shape index (κ1) is 9.40. The van der Waals surface area contributed by atoms with E-state index in [0.717, 1.165) is 24.2 Å². The maximum absolute atomic E-state index is 4.56. The molecule has 0 aliphatic rings. The molecule has 2 aromatic heterocycles. The van der Waals surface area contributed by atoms with E-state index in [1.807, 2.05) is 17.8 Å². The Morgan fingerprint density at radius 2 is 2.36 bits per heavy atom. The maximum Gasteiger partial charge on any atom is 0.0995 e. The molecule has 0 amide bonds. The molecule has 2 rings (SSSR count). The van der Waals surface area contributed by atoms with E-state index < -0.39 is 0 Å². The fourth-order valence-corrected chi connectivity index (χ4v) is 2.28. The van der Waals surface area contributed by atoms with Gasteiger partial charge in [0, 0.05) is 18.6 Å². The van der Waals surface area contributed by atoms with Crippen molar-refractivity contribution < 1.29 is 0 Å². The second kappa shape index (κ2) is 3.92. The SMILES string of the molecule is CCCc1nc(-c2ccnn2C)cs1. The molecule has 14 heavy (non-hydrogen) atoms. The first-order valence-electron chi connectivity index (χ1n) is 4.74. The van der Waals surface area contributed by atoms with Gasteiger partial charge in [0.2, 0.25) is 0 Å². The predicted octanol–water partition coefficient (Wildman–Crippen LogP) is 2.50. The molecule has 0 N–H and O–H groups in total. The minimum atomic E-state index is 1.04. The quantitative estimate of drug-likeness (QED) is 0.774. The molecular formula is C10H13N3S. The Labute approximate surface area is 87.4 Å². The highest BCUT2D eigenvalue weighted by Crippen LogP contribution is 2.21. The Morgan fingerprint density at radius 3 is 3.00 bits per heavy atom. The van der Waals surface area contributed by atoms with Crippen molar-refractivity contribution in [3.05, 3.63) is 22.7 Å². The summed E-state index contributed by atoms with van der Waals surface area (Å²) in [4.78, 5) is 4.56. The summed E-state index contributed by atoms with van der Waals surface area (Å²) in [6, 6.07) is 1.99. The van der Waals surface area contributed by atoms with Gasteiger partial charge < -0.3 is 0 Å². The van der Waals surface area contributed by atoms with E-state index >= 15 is 0 Å². The van der Waals surface area contributed by atoms with Gasteiger partial charge in [0.15, 0.2) is 0 Å². The van der Waals surface area contributed by atoms with E-state index in [2.05, 4.69) is 22.4 Å². The van der Waals surface area contributed by atoms with Crippen molar-refractivity contribution in [1.29, 1.82) is 0 Å². The second-order valence-electron chi connectivity index (χ2n) is 3.22. The number of thiazole rings is 1. The van der Waals surface area contributed by atoms with Crippen LogP contribution in [0.25, 0.3) is 11.4 Å². The molecule has 0 aliphatic carbocycles. The molecule has 0 bridgehead atoms. The normalized spacial score (nSPS) is 10.7. The van der Waals surface area contributed by atoms with Crippen molar-refractivity contribution in [3.8, 4) is 11.4 Å². The van der Waals surface area contributed by atoms with Crippen LogP contribution in [0.4, 0.5) is 0 Å². The van der Waals surface area contributed by atoms with E-state index in [1.165, 1.54) is 5.01 Å². The third-order valence-corrected chi connectivity index (χ3v) is 3.01. The van der Waals surface area contributed by atoms with Crippen LogP contribution in [0.1, 0.15) is 18.4 Å². The zero-order chi connectivity index (χ0) is 9.97. The fourth-order valence-electron chi connectivity index (χ4n) is 1.38. The minimum Gasteiger partial charge on any atom is -0.266 e. The van der Waals surface area contributed by atoms with Crippen LogP contribution >= 0.6 is 11.3 Å². The minimum absolute atomic E-state index is 1.04. The summed E-state index contributed by atoms with van der Waals surface area (Å²) in [6.45, 7) is 2.17. The molecule has 0 fully saturated rings. The predicted molar refractivity (Wildman–Crippen MR) is 58.3 cm³/mol. The standard InChI is InChI=1S/C10H13N3S/c1-3-4-10-12-8(7-14-10)9-5-6-11-13(9)2/h5-7H,3-4H2,1-2H3. The van der Waals surface area contributed by atoms with Gasteiger partial charge in [0.05, 0.1) is 16.4 Å². The molecule has 0 spiro atoms. The van der Waals surface area contributed by atoms with Crippen LogP contribution in [0.5, 0.6) is 0 Å². The van der Waals surface area contributed by atoms with Crippen LogP contribution in [0.2, 0.25) is 0 Å². The first-order chi connectivity index (χ1) is 6.81. The smallest absolute Gasteiger partial charge is 0.0995 e. The Bertz CT molecular complexity index is 416. The first-order valence-corrected chi connectivity index (χ1v) is 5.62. The Balaban J connectivity index is 2.29. The van der Waals surface area contributed by atoms with Gasteiger partial charge in [0.25, 0.3) is 0 Å². The monoisotopic (exact) mass is 207 g/mol. The highest BCUT2D eigenvalue weighted by Gasteiger charge is 2.06. The van der Waals surface area contributed by atoms with E-state index in [-0.39, 0.29) is 0 Å². The lowest BCUT2D eigenvalue weighted by molar-refractivity contribution is 0.773. The maximum atomic E-state index is 4.56. The average Bonchev–Trinajstić information content (AvgIpc) is 2.74. The number of nitrogens with zero attached hydrogens (tertiary/aromatic N) is 3. The van der Waals surface area contributed by atoms with Gasteiger partial charge in [-0.1, -0.05) is 6.92 Å². The third-order valence-electron chi connectivity index (χ3n) is 2.10. The molecule has 0 aliphatic heterocycles. The van der Waals surface area contributed by atoms with E-state index in [4.69, 9.17) is 0 Å². The molecule has 3 nitrogen and oxygen atoms in total. The van der Waals surface area contributed by atoms with Gasteiger partial charge in [0.1, 0.15) is 0 Å². The van der Waals surface area contributed by atoms with E-state index in [1.54, 1.807) is 17.5 Å². The molecular weight excluding hydrogens is 194 g/mol. The fraction of sp³-hybridized carbons (Fsp3) is 0.400. The Kier molecular flexibility index (Phi) is 2.63. The summed E-state index contributed by atoms with van der Waals surface area (Å²) < 4.78 is 1.85. The average molecular weight is 207 g/mol. The summed E-state index contributed by atoms with van der Waals surface area (Å²) >= 11 is 1.73. The van der Waals surface area contributed by atoms with Gasteiger partial charge >= 0.3 is 0 Å². The van der Waals surface area contributed by atoms with E-state index in [9.17, 15) is 0 Å². The highest BCUT2D eigenvalue weighted by atomic mass is 32.1. The summed E-state index contributed by atoms with van der Waals surface area (Å²) in [5.41, 5.74) is 2.13. The Morgan fingerprint density at radius 1 is 1.50 bits per heavy atom. The summed E-state index contributed by atoms with van der Waals surface area (Å²) in [7, 11) is 1.94. The number of hydrogen-bond acceptors (Lipinski definition) is 3. The molecule has 0 saturated carbocycles. The van der Waals surface area contributed by atoms with Crippen molar-refractivity contribution in [1.82, 2.24) is 14.8 Å². The lowest BCUT2D eigenvalue weighted by Gasteiger charge is -1.95. The zero-order valence-electron chi connectivity index (χ0n) is 8.40. The van der Waals surface area contributed by atoms with Crippen molar-refractivity contribution in [2.45, 2.75) is 19.8 Å². The molecule has 0 saturated heterocycles. The molecule has 74 valence electrons. The number of aryl methyl sites for hydroxylation is 2. The van der Waals surface area contributed by atoms with Crippen LogP contribution < -0.4 is 0 Å². The van der Waals surface area contributed by atoms with Crippen LogP contribution in [0, 0.1) is 0 Å². The highest BCUT2D eigenvalue weighted by molar-refractivity contribution is 7.09. The zero-order valence-corrected chi connectivity index (χ0v) is 9.21. The van der Waals surface area contributed by atoms with Crippen LogP contribution in [-0.2, 0) is 13.5 Å². The number of rotatable bonds is 3. The van der Waals surface area contributed by atoms with Crippen molar-refractivity contribution in [2.75, 3.05) is 0 Å². The summed E-state index contributed by atoms with van der Waals surface area (Å²) in [6.07, 6.45) is 4.02. The molecule has 4 heteroatoms. The van der Waals surface area contributed by atoms with Crippen molar-refractivity contribution in [3.63, 3.8) is 0 Å². The van der Waals surface area contributed by atoms with Crippen LogP contribution in [0.3, 0.4) is 0 Å². The van der Waals surface area contributed by atoms with Crippen LogP contribution in [-0.4, -0.2) is 14.8 Å². The third kappa shape index (κ3) is 1.70. The molecule has 0 atom stereocenters. The summed E-state index contributed by atoms with van der Waals surface area (Å²) in [5, 5.41) is 7.44. The molecule has 0 aromatic carbocycles. The molecule has 0 unspecified atom stereocenters. The lowest BCUT2D eigenvalue weighted by Crippen LogP contribution is -1.93. The van der Waals surface area contributed by atoms with Crippen molar-refractivity contribution >= 4 is 11.3 Å².